The lowest BCUT2D eigenvalue weighted by molar-refractivity contribution is 0.0556. The van der Waals surface area contributed by atoms with Crippen LogP contribution in [0.25, 0.3) is 0 Å². The SMILES string of the molecule is CCC1C(NC)C2CCc3ccccc3C12. The largest absolute Gasteiger partial charge is 0.316 e. The molecule has 0 radical (unpaired) electrons. The van der Waals surface area contributed by atoms with Crippen molar-refractivity contribution in [1.82, 2.24) is 5.32 Å². The van der Waals surface area contributed by atoms with Gasteiger partial charge in [-0.2, -0.15) is 0 Å². The molecule has 1 fully saturated rings. The molecule has 86 valence electrons. The maximum atomic E-state index is 3.53. The van der Waals surface area contributed by atoms with E-state index >= 15 is 0 Å². The molecule has 0 aliphatic heterocycles. The molecule has 1 saturated carbocycles. The van der Waals surface area contributed by atoms with Crippen LogP contribution >= 0.6 is 0 Å². The van der Waals surface area contributed by atoms with Crippen LogP contribution in [0, 0.1) is 11.8 Å². The molecule has 1 heteroatoms. The molecule has 2 aliphatic carbocycles. The van der Waals surface area contributed by atoms with E-state index in [4.69, 9.17) is 0 Å². The van der Waals surface area contributed by atoms with Crippen molar-refractivity contribution in [2.45, 2.75) is 38.1 Å². The number of hydrogen-bond acceptors (Lipinski definition) is 1. The van der Waals surface area contributed by atoms with Crippen LogP contribution in [-0.4, -0.2) is 13.1 Å². The van der Waals surface area contributed by atoms with Crippen LogP contribution < -0.4 is 5.32 Å². The summed E-state index contributed by atoms with van der Waals surface area (Å²) in [7, 11) is 2.13. The summed E-state index contributed by atoms with van der Waals surface area (Å²) < 4.78 is 0. The molecule has 1 aromatic carbocycles. The molecule has 0 aromatic heterocycles. The Labute approximate surface area is 98.3 Å². The molecule has 3 rings (SSSR count). The monoisotopic (exact) mass is 215 g/mol. The topological polar surface area (TPSA) is 12.0 Å². The van der Waals surface area contributed by atoms with Gasteiger partial charge in [-0.15, -0.1) is 0 Å². The molecule has 4 atom stereocenters. The number of rotatable bonds is 2. The Morgan fingerprint density at radius 3 is 2.88 bits per heavy atom. The first-order valence-corrected chi connectivity index (χ1v) is 6.62. The normalized spacial score (nSPS) is 36.1. The first kappa shape index (κ1) is 10.3. The standard InChI is InChI=1S/C15H21N/c1-3-11-14-12-7-5-4-6-10(12)8-9-13(14)15(11)16-2/h4-7,11,13-16H,3,8-9H2,1-2H3. The van der Waals surface area contributed by atoms with E-state index < -0.39 is 0 Å². The highest BCUT2D eigenvalue weighted by atomic mass is 14.9. The van der Waals surface area contributed by atoms with Crippen molar-refractivity contribution in [3.05, 3.63) is 35.4 Å². The molecule has 0 saturated heterocycles. The molecule has 16 heavy (non-hydrogen) atoms. The van der Waals surface area contributed by atoms with Crippen LogP contribution in [0.5, 0.6) is 0 Å². The number of benzene rings is 1. The summed E-state index contributed by atoms with van der Waals surface area (Å²) in [6.07, 6.45) is 3.97. The average molecular weight is 215 g/mol. The summed E-state index contributed by atoms with van der Waals surface area (Å²) in [4.78, 5) is 0. The maximum absolute atomic E-state index is 3.53. The number of aryl methyl sites for hydroxylation is 1. The van der Waals surface area contributed by atoms with Crippen molar-refractivity contribution in [2.24, 2.45) is 11.8 Å². The van der Waals surface area contributed by atoms with E-state index in [1.807, 2.05) is 0 Å². The molecule has 1 nitrogen and oxygen atoms in total. The quantitative estimate of drug-likeness (QED) is 0.800. The summed E-state index contributed by atoms with van der Waals surface area (Å²) in [5.74, 6) is 2.59. The van der Waals surface area contributed by atoms with Crippen molar-refractivity contribution in [1.29, 1.82) is 0 Å². The van der Waals surface area contributed by atoms with E-state index in [0.29, 0.717) is 0 Å². The van der Waals surface area contributed by atoms with Gasteiger partial charge in [0.05, 0.1) is 0 Å². The fraction of sp³-hybridized carbons (Fsp3) is 0.600. The summed E-state index contributed by atoms with van der Waals surface area (Å²) in [6.45, 7) is 2.34. The van der Waals surface area contributed by atoms with E-state index in [2.05, 4.69) is 43.6 Å². The second kappa shape index (κ2) is 3.89. The van der Waals surface area contributed by atoms with Gasteiger partial charge in [0, 0.05) is 6.04 Å². The van der Waals surface area contributed by atoms with E-state index in [0.717, 1.165) is 23.8 Å². The van der Waals surface area contributed by atoms with Crippen LogP contribution in [-0.2, 0) is 6.42 Å². The van der Waals surface area contributed by atoms with Crippen LogP contribution in [0.1, 0.15) is 36.8 Å². The van der Waals surface area contributed by atoms with E-state index in [-0.39, 0.29) is 0 Å². The summed E-state index contributed by atoms with van der Waals surface area (Å²) >= 11 is 0. The highest BCUT2D eigenvalue weighted by molar-refractivity contribution is 5.37. The van der Waals surface area contributed by atoms with Gasteiger partial charge in [-0.25, -0.2) is 0 Å². The fourth-order valence-corrected chi connectivity index (χ4v) is 4.10. The Kier molecular flexibility index (Phi) is 2.51. The first-order valence-electron chi connectivity index (χ1n) is 6.62. The lowest BCUT2D eigenvalue weighted by atomic mass is 9.53. The maximum Gasteiger partial charge on any atom is 0.0132 e. The molecule has 1 aromatic rings. The molecule has 4 unspecified atom stereocenters. The van der Waals surface area contributed by atoms with Gasteiger partial charge in [-0.3, -0.25) is 0 Å². The van der Waals surface area contributed by atoms with E-state index in [9.17, 15) is 0 Å². The minimum Gasteiger partial charge on any atom is -0.316 e. The first-order chi connectivity index (χ1) is 7.86. The third kappa shape index (κ3) is 1.27. The molecule has 0 heterocycles. The lowest BCUT2D eigenvalue weighted by Crippen LogP contribution is -2.57. The number of nitrogens with one attached hydrogen (secondary N) is 1. The van der Waals surface area contributed by atoms with Gasteiger partial charge < -0.3 is 5.32 Å². The highest BCUT2D eigenvalue weighted by Crippen LogP contribution is 2.54. The van der Waals surface area contributed by atoms with Gasteiger partial charge in [0.25, 0.3) is 0 Å². The Morgan fingerprint density at radius 1 is 1.31 bits per heavy atom. The van der Waals surface area contributed by atoms with Gasteiger partial charge >= 0.3 is 0 Å². The van der Waals surface area contributed by atoms with Crippen molar-refractivity contribution >= 4 is 0 Å². The summed E-state index contributed by atoms with van der Waals surface area (Å²) in [5.41, 5.74) is 3.26. The Hall–Kier alpha value is -0.820. The van der Waals surface area contributed by atoms with Gasteiger partial charge in [-0.05, 0) is 48.8 Å². The molecule has 1 N–H and O–H groups in total. The smallest absolute Gasteiger partial charge is 0.0132 e. The van der Waals surface area contributed by atoms with Crippen molar-refractivity contribution in [2.75, 3.05) is 7.05 Å². The predicted octanol–water partition coefficient (Wildman–Crippen LogP) is 2.96. The summed E-state index contributed by atoms with van der Waals surface area (Å²) in [6, 6.07) is 9.85. The number of hydrogen-bond donors (Lipinski definition) is 1. The predicted molar refractivity (Wildman–Crippen MR) is 67.6 cm³/mol. The minimum atomic E-state index is 0.767. The van der Waals surface area contributed by atoms with Crippen molar-refractivity contribution in [3.63, 3.8) is 0 Å². The van der Waals surface area contributed by atoms with E-state index in [1.54, 1.807) is 11.1 Å². The zero-order valence-corrected chi connectivity index (χ0v) is 10.2. The van der Waals surface area contributed by atoms with Crippen LogP contribution in [0.15, 0.2) is 24.3 Å². The molecule has 0 amide bonds. The molecular formula is C15H21N. The average Bonchev–Trinajstić information content (AvgIpc) is 2.30. The molecule has 2 aliphatic rings. The zero-order valence-electron chi connectivity index (χ0n) is 10.2. The lowest BCUT2D eigenvalue weighted by Gasteiger charge is -2.55. The zero-order chi connectivity index (χ0) is 11.1. The highest BCUT2D eigenvalue weighted by Gasteiger charge is 2.50. The Morgan fingerprint density at radius 2 is 2.12 bits per heavy atom. The summed E-state index contributed by atoms with van der Waals surface area (Å²) in [5, 5.41) is 3.53. The number of fused-ring (bicyclic) bond motifs is 3. The Bertz CT molecular complexity index is 385. The third-order valence-electron chi connectivity index (χ3n) is 4.81. The second-order valence-electron chi connectivity index (χ2n) is 5.31. The van der Waals surface area contributed by atoms with Crippen molar-refractivity contribution < 1.29 is 0 Å². The second-order valence-corrected chi connectivity index (χ2v) is 5.31. The van der Waals surface area contributed by atoms with Gasteiger partial charge in [0.1, 0.15) is 0 Å². The van der Waals surface area contributed by atoms with Gasteiger partial charge in [-0.1, -0.05) is 37.6 Å². The minimum absolute atomic E-state index is 0.767. The Balaban J connectivity index is 1.95. The van der Waals surface area contributed by atoms with E-state index in [1.165, 1.54) is 19.3 Å². The van der Waals surface area contributed by atoms with Crippen molar-refractivity contribution in [3.8, 4) is 0 Å². The molecule has 0 bridgehead atoms. The van der Waals surface area contributed by atoms with Crippen LogP contribution in [0.4, 0.5) is 0 Å². The fourth-order valence-electron chi connectivity index (χ4n) is 4.10. The molecule has 0 spiro atoms. The molecular weight excluding hydrogens is 194 g/mol. The van der Waals surface area contributed by atoms with Gasteiger partial charge in [0.15, 0.2) is 0 Å². The third-order valence-corrected chi connectivity index (χ3v) is 4.81. The van der Waals surface area contributed by atoms with Gasteiger partial charge in [0.2, 0.25) is 0 Å². The van der Waals surface area contributed by atoms with Crippen LogP contribution in [0.2, 0.25) is 0 Å². The van der Waals surface area contributed by atoms with Crippen LogP contribution in [0.3, 0.4) is 0 Å².